The van der Waals surface area contributed by atoms with E-state index in [2.05, 4.69) is 41.3 Å². The van der Waals surface area contributed by atoms with Crippen LogP contribution in [0.2, 0.25) is 0 Å². The molecule has 0 heterocycles. The van der Waals surface area contributed by atoms with Crippen molar-refractivity contribution in [3.05, 3.63) is 0 Å². The second kappa shape index (κ2) is 10.0. The van der Waals surface area contributed by atoms with Crippen molar-refractivity contribution in [3.8, 4) is 0 Å². The zero-order valence-corrected chi connectivity index (χ0v) is 11.0. The minimum atomic E-state index is -0.360. The van der Waals surface area contributed by atoms with Crippen LogP contribution in [-0.2, 0) is 4.79 Å². The number of oxime groups is 1. The van der Waals surface area contributed by atoms with Crippen LogP contribution < -0.4 is 5.32 Å². The van der Waals surface area contributed by atoms with Crippen molar-refractivity contribution in [2.24, 2.45) is 5.16 Å². The van der Waals surface area contributed by atoms with E-state index in [-0.39, 0.29) is 5.91 Å². The Kier molecular flexibility index (Phi) is 9.37. The number of hydrogen-bond donors (Lipinski definition) is 2. The lowest BCUT2D eigenvalue weighted by atomic mass is 10.3. The van der Waals surface area contributed by atoms with Crippen molar-refractivity contribution in [3.63, 3.8) is 0 Å². The summed E-state index contributed by atoms with van der Waals surface area (Å²) in [5, 5.41) is 13.4. The molecule has 0 bridgehead atoms. The summed E-state index contributed by atoms with van der Waals surface area (Å²) in [5.74, 6) is -0.360. The summed E-state index contributed by atoms with van der Waals surface area (Å²) in [6.07, 6.45) is 1.75. The zero-order chi connectivity index (χ0) is 13.1. The molecule has 1 amide bonds. The standard InChI is InChI=1S/C11H24N4O2/c1-4-14(2)8-9-15(3)7-5-6-12-11(16)10-13-17/h10,17H,4-9H2,1-3H3,(H,12,16)/b13-10+. The van der Waals surface area contributed by atoms with Crippen molar-refractivity contribution in [1.82, 2.24) is 15.1 Å². The molecule has 0 aromatic carbocycles. The lowest BCUT2D eigenvalue weighted by Crippen LogP contribution is -2.33. The summed E-state index contributed by atoms with van der Waals surface area (Å²) in [4.78, 5) is 15.4. The molecule has 0 atom stereocenters. The number of likely N-dealkylation sites (N-methyl/N-ethyl adjacent to an activating group) is 2. The van der Waals surface area contributed by atoms with Crippen molar-refractivity contribution in [2.45, 2.75) is 13.3 Å². The maximum Gasteiger partial charge on any atom is 0.265 e. The monoisotopic (exact) mass is 244 g/mol. The predicted molar refractivity (Wildman–Crippen MR) is 68.6 cm³/mol. The first-order valence-corrected chi connectivity index (χ1v) is 5.92. The molecule has 2 N–H and O–H groups in total. The highest BCUT2D eigenvalue weighted by atomic mass is 16.4. The van der Waals surface area contributed by atoms with Crippen LogP contribution in [0.1, 0.15) is 13.3 Å². The Morgan fingerprint density at radius 2 is 1.94 bits per heavy atom. The summed E-state index contributed by atoms with van der Waals surface area (Å²) in [6.45, 7) is 6.81. The van der Waals surface area contributed by atoms with Crippen LogP contribution in [0.4, 0.5) is 0 Å². The molecule has 0 aliphatic carbocycles. The smallest absolute Gasteiger partial charge is 0.265 e. The lowest BCUT2D eigenvalue weighted by Gasteiger charge is -2.20. The third-order valence-corrected chi connectivity index (χ3v) is 2.59. The average Bonchev–Trinajstić information content (AvgIpc) is 2.32. The van der Waals surface area contributed by atoms with Crippen LogP contribution in [0.5, 0.6) is 0 Å². The van der Waals surface area contributed by atoms with Crippen molar-refractivity contribution in [2.75, 3.05) is 46.8 Å². The van der Waals surface area contributed by atoms with Gasteiger partial charge in [0.05, 0.1) is 0 Å². The van der Waals surface area contributed by atoms with E-state index >= 15 is 0 Å². The van der Waals surface area contributed by atoms with Gasteiger partial charge in [-0.05, 0) is 33.6 Å². The Morgan fingerprint density at radius 3 is 2.53 bits per heavy atom. The summed E-state index contributed by atoms with van der Waals surface area (Å²) in [6, 6.07) is 0. The number of carbonyl (C=O) groups excluding carboxylic acids is 1. The molecular formula is C11H24N4O2. The molecule has 0 aliphatic rings. The number of nitrogens with one attached hydrogen (secondary N) is 1. The highest BCUT2D eigenvalue weighted by molar-refractivity contribution is 6.25. The van der Waals surface area contributed by atoms with Gasteiger partial charge in [-0.1, -0.05) is 12.1 Å². The van der Waals surface area contributed by atoms with E-state index in [0.717, 1.165) is 38.8 Å². The fourth-order valence-electron chi connectivity index (χ4n) is 1.27. The highest BCUT2D eigenvalue weighted by Gasteiger charge is 2.01. The maximum absolute atomic E-state index is 10.9. The van der Waals surface area contributed by atoms with Crippen LogP contribution >= 0.6 is 0 Å². The molecule has 0 unspecified atom stereocenters. The summed E-state index contributed by atoms with van der Waals surface area (Å²) >= 11 is 0. The third kappa shape index (κ3) is 9.77. The molecule has 0 aromatic heterocycles. The Morgan fingerprint density at radius 1 is 1.29 bits per heavy atom. The molecule has 0 aromatic rings. The van der Waals surface area contributed by atoms with E-state index in [1.54, 1.807) is 0 Å². The van der Waals surface area contributed by atoms with Gasteiger partial charge in [0.1, 0.15) is 6.21 Å². The van der Waals surface area contributed by atoms with Crippen molar-refractivity contribution in [1.29, 1.82) is 0 Å². The number of rotatable bonds is 9. The van der Waals surface area contributed by atoms with E-state index in [1.807, 2.05) is 0 Å². The second-order valence-electron chi connectivity index (χ2n) is 4.09. The quantitative estimate of drug-likeness (QED) is 0.256. The fraction of sp³-hybridized carbons (Fsp3) is 0.818. The molecule has 0 saturated carbocycles. The first-order valence-electron chi connectivity index (χ1n) is 5.92. The normalized spacial score (nSPS) is 11.6. The Hall–Kier alpha value is -1.14. The first kappa shape index (κ1) is 15.9. The molecule has 100 valence electrons. The van der Waals surface area contributed by atoms with Crippen LogP contribution in [0.15, 0.2) is 5.16 Å². The van der Waals surface area contributed by atoms with Crippen LogP contribution in [-0.4, -0.2) is 73.9 Å². The molecule has 0 aliphatic heterocycles. The zero-order valence-electron chi connectivity index (χ0n) is 11.0. The van der Waals surface area contributed by atoms with Gasteiger partial charge in [0.2, 0.25) is 0 Å². The number of hydrogen-bond acceptors (Lipinski definition) is 5. The molecule has 17 heavy (non-hydrogen) atoms. The highest BCUT2D eigenvalue weighted by Crippen LogP contribution is 1.88. The third-order valence-electron chi connectivity index (χ3n) is 2.59. The van der Waals surface area contributed by atoms with Gasteiger partial charge in [0.15, 0.2) is 0 Å². The average molecular weight is 244 g/mol. The van der Waals surface area contributed by atoms with Crippen molar-refractivity contribution < 1.29 is 10.0 Å². The Labute approximate surface area is 103 Å². The van der Waals surface area contributed by atoms with E-state index in [9.17, 15) is 4.79 Å². The van der Waals surface area contributed by atoms with Gasteiger partial charge in [0.25, 0.3) is 5.91 Å². The number of amides is 1. The van der Waals surface area contributed by atoms with Gasteiger partial charge in [-0.15, -0.1) is 0 Å². The van der Waals surface area contributed by atoms with Crippen molar-refractivity contribution >= 4 is 12.1 Å². The summed E-state index contributed by atoms with van der Waals surface area (Å²) in [7, 11) is 4.17. The summed E-state index contributed by atoms with van der Waals surface area (Å²) in [5.41, 5.74) is 0. The van der Waals surface area contributed by atoms with Gasteiger partial charge in [-0.25, -0.2) is 0 Å². The SMILES string of the molecule is CCN(C)CCN(C)CCCNC(=O)/C=N/O. The van der Waals surface area contributed by atoms with E-state index in [4.69, 9.17) is 5.21 Å². The molecule has 6 nitrogen and oxygen atoms in total. The van der Waals surface area contributed by atoms with Gasteiger partial charge in [-0.3, -0.25) is 4.79 Å². The van der Waals surface area contributed by atoms with Crippen LogP contribution in [0, 0.1) is 0 Å². The molecule has 0 spiro atoms. The van der Waals surface area contributed by atoms with Crippen LogP contribution in [0.25, 0.3) is 0 Å². The van der Waals surface area contributed by atoms with Gasteiger partial charge in [-0.2, -0.15) is 0 Å². The maximum atomic E-state index is 10.9. The molecule has 0 rings (SSSR count). The fourth-order valence-corrected chi connectivity index (χ4v) is 1.27. The first-order chi connectivity index (χ1) is 8.10. The minimum Gasteiger partial charge on any atom is -0.411 e. The molecule has 0 radical (unpaired) electrons. The number of nitrogens with zero attached hydrogens (tertiary/aromatic N) is 3. The van der Waals surface area contributed by atoms with Gasteiger partial charge < -0.3 is 20.3 Å². The van der Waals surface area contributed by atoms with Gasteiger partial charge in [0, 0.05) is 19.6 Å². The van der Waals surface area contributed by atoms with Crippen LogP contribution in [0.3, 0.4) is 0 Å². The lowest BCUT2D eigenvalue weighted by molar-refractivity contribution is -0.114. The molecule has 0 saturated heterocycles. The van der Waals surface area contributed by atoms with Gasteiger partial charge >= 0.3 is 0 Å². The van der Waals surface area contributed by atoms with E-state index in [0.29, 0.717) is 6.54 Å². The predicted octanol–water partition coefficient (Wildman–Crippen LogP) is -0.164. The minimum absolute atomic E-state index is 0.360. The Bertz CT molecular complexity index is 234. The summed E-state index contributed by atoms with van der Waals surface area (Å²) < 4.78 is 0. The van der Waals surface area contributed by atoms with E-state index in [1.165, 1.54) is 0 Å². The Balaban J connectivity index is 3.45. The molecule has 6 heteroatoms. The second-order valence-corrected chi connectivity index (χ2v) is 4.09. The topological polar surface area (TPSA) is 68.2 Å². The number of carbonyl (C=O) groups is 1. The molecular weight excluding hydrogens is 220 g/mol. The molecule has 0 fully saturated rings. The largest absolute Gasteiger partial charge is 0.411 e. The van der Waals surface area contributed by atoms with E-state index < -0.39 is 0 Å².